The number of benzene rings is 8. The van der Waals surface area contributed by atoms with Crippen LogP contribution < -0.4 is 102 Å². The Balaban J connectivity index is 0.000000264. The fraction of sp³-hybridized carbons (Fsp3) is 0.154. The van der Waals surface area contributed by atoms with Crippen molar-refractivity contribution in [1.82, 2.24) is 59.1 Å². The third-order valence-corrected chi connectivity index (χ3v) is 24.2. The Morgan fingerprint density at radius 3 is 0.554 bits per heavy atom. The second-order valence-corrected chi connectivity index (χ2v) is 33.4. The molecule has 0 atom stereocenters. The van der Waals surface area contributed by atoms with E-state index in [-0.39, 0.29) is 222 Å². The van der Waals surface area contributed by atoms with Gasteiger partial charge in [-0.05, 0) is 214 Å². The first-order valence-corrected chi connectivity index (χ1v) is 44.2. The number of ether oxygens (including phenoxy) is 8. The van der Waals surface area contributed by atoms with Gasteiger partial charge in [0.15, 0.2) is 0 Å². The predicted molar refractivity (Wildman–Crippen MR) is 497 cm³/mol. The fourth-order valence-electron chi connectivity index (χ4n) is 17.4. The van der Waals surface area contributed by atoms with Gasteiger partial charge >= 0.3 is 77.9 Å². The fourth-order valence-corrected chi connectivity index (χ4v) is 17.4. The van der Waals surface area contributed by atoms with Gasteiger partial charge in [-0.1, -0.05) is 52.0 Å². The molecule has 8 aromatic heterocycles. The van der Waals surface area contributed by atoms with Gasteiger partial charge in [-0.25, -0.2) is 0 Å². The quantitative estimate of drug-likeness (QED) is 0.0592. The van der Waals surface area contributed by atoms with Crippen molar-refractivity contribution in [3.8, 4) is 91.5 Å². The predicted octanol–water partition coefficient (Wildman–Crippen LogP) is 4.72. The summed E-state index contributed by atoms with van der Waals surface area (Å²) >= 11 is 0. The van der Waals surface area contributed by atoms with Crippen LogP contribution in [0.4, 0.5) is 22.7 Å². The standard InChI is InChI=1S/C72H60N12O8.4C8H7NO4.4Zn/c1-41-45-29-47-42(2)49-31-51-44(4)52-32-50-43(3)48-30-46(41)66-54(34-82-26-18-62(78-82)58-14-6-10-22-74-58)68(48)88-39-90-70(50)56(36-84-28-20-64(80-84)60-16-8-12-24-76-60)72(52)92-40-91-71(51)55(35-83-27-19-63(79-83)59-15-7-11-23-75-59)69(49)89-38-87-67(47)53(65(45)85-37-86-66)33-81-25-17-61(77-81)57-13-5-9-21-73-57;4*9-6-2-4(7(10)11)1-5(3-6)8(12)13;;;;/h5-32,41-44H,33-40H2,1-4H3;4*1-3H,9H2,(H,10,11)(H,12,13);;;;/q;;;;;4*+2/p-8. The Morgan fingerprint density at radius 2 is 0.412 bits per heavy atom. The van der Waals surface area contributed by atoms with Gasteiger partial charge < -0.3 is 140 Å². The van der Waals surface area contributed by atoms with Gasteiger partial charge in [0.1, 0.15) is 68.8 Å². The first-order chi connectivity index (χ1) is 69.3. The zero-order valence-electron chi connectivity index (χ0n) is 79.4. The summed E-state index contributed by atoms with van der Waals surface area (Å²) < 4.78 is 64.2. The monoisotopic (exact) mass is 2190 g/mol. The van der Waals surface area contributed by atoms with E-state index in [1.165, 1.54) is 0 Å². The zero-order chi connectivity index (χ0) is 102. The molecule has 1 aliphatic carbocycles. The van der Waals surface area contributed by atoms with E-state index in [2.05, 4.69) is 71.9 Å². The minimum atomic E-state index is -1.48. The number of aromatic nitrogens is 12. The molecule has 21 rings (SSSR count). The van der Waals surface area contributed by atoms with E-state index in [9.17, 15) is 79.2 Å². The van der Waals surface area contributed by atoms with Crippen LogP contribution in [-0.4, -0.2) is 134 Å². The van der Waals surface area contributed by atoms with E-state index < -0.39 is 47.8 Å². The van der Waals surface area contributed by atoms with Gasteiger partial charge in [0.05, 0.1) is 119 Å². The van der Waals surface area contributed by atoms with E-state index in [0.717, 1.165) is 185 Å². The average Bonchev–Trinajstić information content (AvgIpc) is 0.842. The maximum Gasteiger partial charge on any atom is 2.00 e. The maximum atomic E-state index is 10.3. The molecule has 0 radical (unpaired) electrons. The van der Waals surface area contributed by atoms with Crippen LogP contribution >= 0.6 is 0 Å². The van der Waals surface area contributed by atoms with Crippen LogP contribution in [0.3, 0.4) is 0 Å². The summed E-state index contributed by atoms with van der Waals surface area (Å²) in [5.41, 5.74) is 35.6. The van der Waals surface area contributed by atoms with Crippen molar-refractivity contribution in [2.45, 2.75) is 77.5 Å². The minimum Gasteiger partial charge on any atom is -0.545 e. The molecule has 8 bridgehead atoms. The van der Waals surface area contributed by atoms with Crippen LogP contribution in [0.5, 0.6) is 46.0 Å². The summed E-state index contributed by atoms with van der Waals surface area (Å²) in [5.74, 6) is -8.22. The van der Waals surface area contributed by atoms with Crippen LogP contribution in [0.2, 0.25) is 0 Å². The van der Waals surface area contributed by atoms with Crippen molar-refractivity contribution in [3.05, 3.63) is 355 Å². The second kappa shape index (κ2) is 46.8. The van der Waals surface area contributed by atoms with E-state index in [4.69, 9.17) is 81.2 Å². The number of carboxylic acids is 8. The molecule has 148 heavy (non-hydrogen) atoms. The van der Waals surface area contributed by atoms with Crippen LogP contribution in [0, 0.1) is 0 Å². The first-order valence-electron chi connectivity index (χ1n) is 44.2. The Morgan fingerprint density at radius 1 is 0.250 bits per heavy atom. The largest absolute Gasteiger partial charge is 2.00 e. The molecular weight excluding hydrogens is 2120 g/mol. The van der Waals surface area contributed by atoms with Crippen molar-refractivity contribution in [2.24, 2.45) is 0 Å². The van der Waals surface area contributed by atoms with Gasteiger partial charge in [0, 0.05) is 141 Å². The molecule has 8 aromatic carbocycles. The van der Waals surface area contributed by atoms with Gasteiger partial charge in [-0.2, -0.15) is 20.4 Å². The first kappa shape index (κ1) is 108. The summed E-state index contributed by atoms with van der Waals surface area (Å²) in [6.45, 7) is 9.39. The molecule has 5 aliphatic rings. The molecule has 0 saturated heterocycles. The number of anilines is 4. The molecule has 0 spiro atoms. The zero-order valence-corrected chi connectivity index (χ0v) is 91.2. The Hall–Kier alpha value is -16.9. The molecule has 8 N–H and O–H groups in total. The average molecular weight is 2200 g/mol. The number of pyridine rings is 4. The Bertz CT molecular complexity index is 6600. The van der Waals surface area contributed by atoms with Gasteiger partial charge in [0.25, 0.3) is 0 Å². The van der Waals surface area contributed by atoms with Crippen molar-refractivity contribution in [2.75, 3.05) is 50.1 Å². The van der Waals surface area contributed by atoms with Crippen molar-refractivity contribution in [3.63, 3.8) is 0 Å². The van der Waals surface area contributed by atoms with Crippen LogP contribution in [0.25, 0.3) is 45.6 Å². The van der Waals surface area contributed by atoms with Crippen molar-refractivity contribution in [1.29, 1.82) is 0 Å². The summed E-state index contributed by atoms with van der Waals surface area (Å²) in [4.78, 5) is 101. The van der Waals surface area contributed by atoms with Crippen LogP contribution in [-0.2, 0) is 104 Å². The SMILES string of the molecule is CC1c2cc3c4c(Cn5ccc(-c6ccccn6)n5)c2OCOc2c1cc1c(c2Cn2ccc(-c5ccccn5)n2)OCOc2c(cc5c(c2Cn2ccc(-c6ccccn6)n2)OCOc2c(cc(c(c2Cn2ccc(-c6ccccn6)n2)OCO4)C3C)C5C)C1C.Nc1cc(C(=O)[O-])cc(C(=O)[O-])c1.Nc1cc(C(=O)[O-])cc(C(=O)[O-])c1.Nc1cc(C(=O)[O-])cc(C(=O)[O-])c1.Nc1cc(C(=O)[O-])cc(C(=O)[O-])c1.[Zn+2].[Zn+2].[Zn+2].[Zn+2]. The number of nitrogens with zero attached hydrogens (tertiary/aromatic N) is 12. The smallest absolute Gasteiger partial charge is 0.545 e. The summed E-state index contributed by atoms with van der Waals surface area (Å²) in [6, 6.07) is 52.9. The molecule has 40 nitrogen and oxygen atoms in total. The number of rotatable bonds is 20. The molecule has 16 aromatic rings. The van der Waals surface area contributed by atoms with Crippen LogP contribution in [0.1, 0.15) is 201 Å². The molecule has 12 heterocycles. The van der Waals surface area contributed by atoms with Gasteiger partial charge in [0.2, 0.25) is 27.2 Å². The number of aromatic carboxylic acids is 8. The van der Waals surface area contributed by atoms with Gasteiger partial charge in [-0.15, -0.1) is 0 Å². The van der Waals surface area contributed by atoms with E-state index in [1.807, 2.05) is 141 Å². The normalized spacial score (nSPS) is 14.0. The third-order valence-electron chi connectivity index (χ3n) is 24.2. The van der Waals surface area contributed by atoms with E-state index in [0.29, 0.717) is 46.0 Å². The number of nitrogens with two attached hydrogens (primary N) is 4. The summed E-state index contributed by atoms with van der Waals surface area (Å²) in [7, 11) is 0. The molecule has 4 aliphatic heterocycles. The number of carbonyl (C=O) groups is 8. The third kappa shape index (κ3) is 23.7. The van der Waals surface area contributed by atoms with Gasteiger partial charge in [-0.3, -0.25) is 38.7 Å². The number of hydrogen-bond acceptors (Lipinski definition) is 36. The van der Waals surface area contributed by atoms with Crippen molar-refractivity contribution < 1.29 is 195 Å². The maximum absolute atomic E-state index is 10.3. The molecule has 44 heteroatoms. The molecule has 0 saturated carbocycles. The Kier molecular flexibility index (Phi) is 34.3. The van der Waals surface area contributed by atoms with Crippen molar-refractivity contribution >= 4 is 70.5 Å². The molecule has 0 amide bonds. The summed E-state index contributed by atoms with van der Waals surface area (Å²) in [5, 5.41) is 103. The summed E-state index contributed by atoms with van der Waals surface area (Å²) in [6.07, 6.45) is 15.0. The number of nitrogen functional groups attached to an aromatic ring is 4. The number of carbonyl (C=O) groups excluding carboxylic acids is 8. The minimum absolute atomic E-state index is 0. The second-order valence-electron chi connectivity index (χ2n) is 33.4. The molecular formula is C104H80N16O24Zn4. The molecule has 0 fully saturated rings. The van der Waals surface area contributed by atoms with Crippen LogP contribution in [0.15, 0.2) is 244 Å². The number of carboxylic acid groups (broad SMARTS) is 8. The number of hydrogen-bond donors (Lipinski definition) is 4. The molecule has 0 unspecified atom stereocenters. The topological polar surface area (TPSA) is 622 Å². The molecule has 728 valence electrons. The van der Waals surface area contributed by atoms with E-state index in [1.54, 1.807) is 24.8 Å². The van der Waals surface area contributed by atoms with E-state index >= 15 is 0 Å². The Labute approximate surface area is 892 Å².